The Morgan fingerprint density at radius 2 is 1.79 bits per heavy atom. The Balaban J connectivity index is 1.59. The maximum absolute atomic E-state index is 13.8. The molecular formula is C20H16F3NO3S. The van der Waals surface area contributed by atoms with Crippen molar-refractivity contribution in [1.29, 1.82) is 0 Å². The molecule has 0 bridgehead atoms. The van der Waals surface area contributed by atoms with Crippen LogP contribution in [0.4, 0.5) is 13.2 Å². The van der Waals surface area contributed by atoms with E-state index in [0.717, 1.165) is 11.3 Å². The molecule has 3 rings (SSSR count). The third-order valence-electron chi connectivity index (χ3n) is 3.92. The fraction of sp³-hybridized carbons (Fsp3) is 0.150. The van der Waals surface area contributed by atoms with E-state index in [1.165, 1.54) is 30.3 Å². The Labute approximate surface area is 163 Å². The average Bonchev–Trinajstić information content (AvgIpc) is 3.16. The zero-order valence-corrected chi connectivity index (χ0v) is 15.3. The van der Waals surface area contributed by atoms with Gasteiger partial charge < -0.3 is 15.2 Å². The van der Waals surface area contributed by atoms with E-state index in [-0.39, 0.29) is 18.1 Å². The summed E-state index contributed by atoms with van der Waals surface area (Å²) in [5.41, 5.74) is 0.859. The number of rotatable bonds is 7. The molecule has 0 radical (unpaired) electrons. The van der Waals surface area contributed by atoms with Gasteiger partial charge in [0.25, 0.3) is 5.91 Å². The number of alkyl halides is 2. The van der Waals surface area contributed by atoms with Gasteiger partial charge in [0.15, 0.2) is 0 Å². The summed E-state index contributed by atoms with van der Waals surface area (Å²) < 4.78 is 42.4. The van der Waals surface area contributed by atoms with E-state index in [1.54, 1.807) is 30.3 Å². The first-order chi connectivity index (χ1) is 13.4. The van der Waals surface area contributed by atoms with Crippen molar-refractivity contribution >= 4 is 17.2 Å². The third-order valence-corrected chi connectivity index (χ3v) is 5.03. The molecule has 0 aliphatic rings. The van der Waals surface area contributed by atoms with Crippen LogP contribution in [0.5, 0.6) is 5.75 Å². The zero-order chi connectivity index (χ0) is 20.1. The number of carbonyl (C=O) groups is 1. The van der Waals surface area contributed by atoms with Gasteiger partial charge in [-0.1, -0.05) is 30.3 Å². The Morgan fingerprint density at radius 3 is 2.46 bits per heavy atom. The zero-order valence-electron chi connectivity index (χ0n) is 14.4. The van der Waals surface area contributed by atoms with Crippen molar-refractivity contribution in [3.05, 3.63) is 76.9 Å². The van der Waals surface area contributed by atoms with Crippen LogP contribution < -0.4 is 10.1 Å². The molecule has 0 saturated carbocycles. The summed E-state index contributed by atoms with van der Waals surface area (Å²) in [6.45, 7) is -2.99. The molecule has 2 N–H and O–H groups in total. The van der Waals surface area contributed by atoms with Crippen molar-refractivity contribution in [2.45, 2.75) is 12.7 Å². The number of ether oxygens (including phenoxy) is 1. The van der Waals surface area contributed by atoms with Crippen LogP contribution in [-0.2, 0) is 0 Å². The molecule has 0 saturated heterocycles. The molecule has 4 nitrogen and oxygen atoms in total. The fourth-order valence-corrected chi connectivity index (χ4v) is 3.48. The summed E-state index contributed by atoms with van der Waals surface area (Å²) in [5, 5.41) is 12.8. The molecule has 28 heavy (non-hydrogen) atoms. The van der Waals surface area contributed by atoms with Gasteiger partial charge in [0.2, 0.25) is 0 Å². The first-order valence-corrected chi connectivity index (χ1v) is 9.11. The number of carbonyl (C=O) groups excluding carboxylic acids is 1. The molecule has 0 aliphatic carbocycles. The minimum Gasteiger partial charge on any atom is -0.435 e. The van der Waals surface area contributed by atoms with Crippen LogP contribution in [0.3, 0.4) is 0 Å². The van der Waals surface area contributed by atoms with Gasteiger partial charge in [-0.2, -0.15) is 8.78 Å². The first-order valence-electron chi connectivity index (χ1n) is 8.30. The molecule has 146 valence electrons. The second kappa shape index (κ2) is 8.90. The Kier molecular flexibility index (Phi) is 6.33. The molecule has 1 aromatic heterocycles. The Bertz CT molecular complexity index is 944. The van der Waals surface area contributed by atoms with E-state index in [0.29, 0.717) is 20.9 Å². The highest BCUT2D eigenvalue weighted by Crippen LogP contribution is 2.30. The molecule has 2 aromatic carbocycles. The van der Waals surface area contributed by atoms with E-state index >= 15 is 0 Å². The average molecular weight is 407 g/mol. The topological polar surface area (TPSA) is 58.6 Å². The fourth-order valence-electron chi connectivity index (χ4n) is 2.53. The van der Waals surface area contributed by atoms with E-state index in [4.69, 9.17) is 0 Å². The van der Waals surface area contributed by atoms with E-state index in [2.05, 4.69) is 10.1 Å². The maximum Gasteiger partial charge on any atom is 0.387 e. The number of hydrogen-bond acceptors (Lipinski definition) is 4. The number of aliphatic hydroxyl groups excluding tert-OH is 1. The van der Waals surface area contributed by atoms with Crippen molar-refractivity contribution < 1.29 is 27.8 Å². The molecule has 3 aromatic rings. The summed E-state index contributed by atoms with van der Waals surface area (Å²) in [6, 6.07) is 15.0. The number of hydrogen-bond donors (Lipinski definition) is 2. The smallest absolute Gasteiger partial charge is 0.387 e. The van der Waals surface area contributed by atoms with Crippen molar-refractivity contribution in [1.82, 2.24) is 5.32 Å². The van der Waals surface area contributed by atoms with Gasteiger partial charge in [0.05, 0.1) is 11.0 Å². The van der Waals surface area contributed by atoms with Gasteiger partial charge in [-0.05, 0) is 35.9 Å². The maximum atomic E-state index is 13.8. The van der Waals surface area contributed by atoms with Crippen LogP contribution >= 0.6 is 11.3 Å². The first kappa shape index (κ1) is 19.9. The van der Waals surface area contributed by atoms with Crippen LogP contribution in [0.15, 0.2) is 60.7 Å². The number of amides is 1. The Hall–Kier alpha value is -2.84. The SMILES string of the molecule is O=C(NCC(O)c1ccc(OC(F)F)cc1)c1ccc(-c2ccccc2F)s1. The summed E-state index contributed by atoms with van der Waals surface area (Å²) in [7, 11) is 0. The molecule has 8 heteroatoms. The largest absolute Gasteiger partial charge is 0.435 e. The van der Waals surface area contributed by atoms with Gasteiger partial charge in [0.1, 0.15) is 11.6 Å². The molecule has 1 amide bonds. The van der Waals surface area contributed by atoms with Gasteiger partial charge in [0, 0.05) is 17.0 Å². The number of nitrogens with one attached hydrogen (secondary N) is 1. The van der Waals surface area contributed by atoms with Gasteiger partial charge in [-0.15, -0.1) is 11.3 Å². The third kappa shape index (κ3) is 4.90. The highest BCUT2D eigenvalue weighted by Gasteiger charge is 2.15. The minimum absolute atomic E-state index is 0.0192. The van der Waals surface area contributed by atoms with Crippen molar-refractivity contribution in [2.24, 2.45) is 0 Å². The predicted octanol–water partition coefficient (Wildman–Crippen LogP) is 4.62. The van der Waals surface area contributed by atoms with Gasteiger partial charge in [-0.25, -0.2) is 4.39 Å². The molecular weight excluding hydrogens is 391 g/mol. The minimum atomic E-state index is -2.92. The van der Waals surface area contributed by atoms with Crippen LogP contribution in [0.1, 0.15) is 21.3 Å². The normalized spacial score (nSPS) is 12.0. The number of benzene rings is 2. The van der Waals surface area contributed by atoms with Crippen LogP contribution in [-0.4, -0.2) is 24.2 Å². The number of thiophene rings is 1. The lowest BCUT2D eigenvalue weighted by Gasteiger charge is -2.12. The second-order valence-electron chi connectivity index (χ2n) is 5.82. The molecule has 0 aliphatic heterocycles. The summed E-state index contributed by atoms with van der Waals surface area (Å²) in [6.07, 6.45) is -1.02. The monoisotopic (exact) mass is 407 g/mol. The van der Waals surface area contributed by atoms with Crippen molar-refractivity contribution in [3.8, 4) is 16.2 Å². The molecule has 0 fully saturated rings. The molecule has 1 atom stereocenters. The van der Waals surface area contributed by atoms with Crippen LogP contribution in [0.2, 0.25) is 0 Å². The van der Waals surface area contributed by atoms with Gasteiger partial charge >= 0.3 is 6.61 Å². The van der Waals surface area contributed by atoms with E-state index < -0.39 is 18.6 Å². The molecule has 1 heterocycles. The van der Waals surface area contributed by atoms with Crippen molar-refractivity contribution in [2.75, 3.05) is 6.54 Å². The van der Waals surface area contributed by atoms with Crippen molar-refractivity contribution in [3.63, 3.8) is 0 Å². The lowest BCUT2D eigenvalue weighted by molar-refractivity contribution is -0.0498. The summed E-state index contributed by atoms with van der Waals surface area (Å²) in [4.78, 5) is 13.3. The summed E-state index contributed by atoms with van der Waals surface area (Å²) >= 11 is 1.14. The van der Waals surface area contributed by atoms with Gasteiger partial charge in [-0.3, -0.25) is 4.79 Å². The molecule has 1 unspecified atom stereocenters. The van der Waals surface area contributed by atoms with E-state index in [9.17, 15) is 23.1 Å². The highest BCUT2D eigenvalue weighted by molar-refractivity contribution is 7.17. The number of halogens is 3. The highest BCUT2D eigenvalue weighted by atomic mass is 32.1. The molecule has 0 spiro atoms. The second-order valence-corrected chi connectivity index (χ2v) is 6.90. The van der Waals surface area contributed by atoms with E-state index in [1.807, 2.05) is 0 Å². The quantitative estimate of drug-likeness (QED) is 0.601. The lowest BCUT2D eigenvalue weighted by Crippen LogP contribution is -2.27. The number of aliphatic hydroxyl groups is 1. The summed E-state index contributed by atoms with van der Waals surface area (Å²) in [5.74, 6) is -0.787. The van der Waals surface area contributed by atoms with Crippen LogP contribution in [0.25, 0.3) is 10.4 Å². The Morgan fingerprint density at radius 1 is 1.07 bits per heavy atom. The standard InChI is InChI=1S/C20H16F3NO3S/c21-15-4-2-1-3-14(15)17-9-10-18(28-17)19(26)24-11-16(25)12-5-7-13(8-6-12)27-20(22)23/h1-10,16,20,25H,11H2,(H,24,26). The predicted molar refractivity (Wildman–Crippen MR) is 100 cm³/mol. The lowest BCUT2D eigenvalue weighted by atomic mass is 10.1. The van der Waals surface area contributed by atoms with Crippen LogP contribution in [0, 0.1) is 5.82 Å².